The van der Waals surface area contributed by atoms with Crippen molar-refractivity contribution in [3.05, 3.63) is 363 Å². The Kier molecular flexibility index (Phi) is 6.53. The standard InChI is InChI=1S/2C50H30O/c1-2-13-32-26-36(25-24-31(32)12-1)48-40-18-7-9-20-42(40)49(43-21-10-8-19-41(43)48)44-29-37(27-35-16-5-6-17-38(35)44)39-22-11-23-46-50(39)45-28-33-14-3-4-15-34(33)30-47(45)51-46;1-2-13-32-28-35(25-24-31(32)12-1)48-40-18-7-9-20-42(40)49(43-21-10-8-19-41(43)48)44-27-26-38(36-16-5-6-17-37(36)44)39-22-11-23-46-50(39)45-29-33-14-3-4-15-34(33)30-47(45)51-46/h2*1-30H/i1D,2D,3D,4D,5D,6D,7D,8D,9D,10D,11D,12D,13D,14D,15D,16D,17D,18D,19D,20D,21D,22D,23D,24D,25D,26D,27D,28D,29D,30D;1D,2D,7D,8D,9D,10D,12D,13D,18D,19D,20D,21D,24D,25D,28D. The van der Waals surface area contributed by atoms with E-state index in [1.165, 1.54) is 0 Å². The van der Waals surface area contributed by atoms with E-state index in [1.54, 1.807) is 12.1 Å². The van der Waals surface area contributed by atoms with Gasteiger partial charge < -0.3 is 8.83 Å². The van der Waals surface area contributed by atoms with Crippen LogP contribution in [0.3, 0.4) is 0 Å². The van der Waals surface area contributed by atoms with Gasteiger partial charge in [0.25, 0.3) is 0 Å². The van der Waals surface area contributed by atoms with Crippen molar-refractivity contribution in [3.63, 3.8) is 0 Å². The number of benzene rings is 20. The maximum absolute atomic E-state index is 10.4. The fraction of sp³-hybridized carbons (Fsp3) is 0. The molecule has 2 aromatic heterocycles. The smallest absolute Gasteiger partial charge is 0.136 e. The van der Waals surface area contributed by atoms with Gasteiger partial charge in [-0.05, 0) is 235 Å². The van der Waals surface area contributed by atoms with Gasteiger partial charge in [-0.15, -0.1) is 0 Å². The normalized spacial score (nSPS) is 18.1. The number of hydrogen-bond acceptors (Lipinski definition) is 2. The lowest BCUT2D eigenvalue weighted by atomic mass is 9.83. The second-order valence-corrected chi connectivity index (χ2v) is 23.7. The first-order chi connectivity index (χ1) is 69.3. The molecule has 0 N–H and O–H groups in total. The molecule has 0 atom stereocenters. The molecule has 472 valence electrons. The molecule has 0 bridgehead atoms. The lowest BCUT2D eigenvalue weighted by Gasteiger charge is -2.20. The SMILES string of the molecule is [2H]c1c([2H])c(-c2c([2H])c(-c3c4c([2H])c([2H])c([2H])c([2H])c4c(-c4c([2H])c([2H])c5c([2H])c([2H])c([2H])c([2H])c5c4[2H])c4c([2H])c([2H])c([2H])c([2H])c34)c3c([2H])c([2H])c([2H])c([2H])c3c2[2H])c2c(oc3c([2H])c4c([2H])c([2H])c([2H])c([2H])c4c([2H])c32)c1[2H].[2H]c1c([2H])c([2H])c2c([2H])c(-c3c4c([2H])c([2H])c([2H])c([2H])c4c(-c4ccc(-c5cccc6oc7cc8ccccc8cc7c56)c5ccccc45)c4c([2H])c([2H])c([2H])c([2H])c34)c([2H])c([2H])c2c1[2H]. The van der Waals surface area contributed by atoms with E-state index in [2.05, 4.69) is 6.07 Å². The molecule has 0 aliphatic rings. The molecular weight excluding hydrogens is 1230 g/mol. The predicted octanol–water partition coefficient (Wildman–Crippen LogP) is 28.7. The van der Waals surface area contributed by atoms with Crippen LogP contribution in [-0.4, -0.2) is 0 Å². The van der Waals surface area contributed by atoms with Gasteiger partial charge in [-0.25, -0.2) is 0 Å². The van der Waals surface area contributed by atoms with Crippen molar-refractivity contribution >= 4 is 152 Å². The fourth-order valence-electron chi connectivity index (χ4n) is 13.9. The molecular formula is C100H60O2. The van der Waals surface area contributed by atoms with Crippen LogP contribution in [0.5, 0.6) is 0 Å². The molecule has 0 unspecified atom stereocenters. The Labute approximate surface area is 650 Å². The molecule has 0 radical (unpaired) electrons. The third-order valence-electron chi connectivity index (χ3n) is 18.2. The number of fused-ring (bicyclic) bond motifs is 16. The van der Waals surface area contributed by atoms with E-state index in [0.29, 0.717) is 27.5 Å². The Hall–Kier alpha value is -13.4. The van der Waals surface area contributed by atoms with Crippen molar-refractivity contribution in [3.8, 4) is 66.8 Å². The van der Waals surface area contributed by atoms with Gasteiger partial charge in [-0.3, -0.25) is 0 Å². The molecule has 0 spiro atoms. The minimum Gasteiger partial charge on any atom is -0.456 e. The first-order valence-corrected chi connectivity index (χ1v) is 31.5. The summed E-state index contributed by atoms with van der Waals surface area (Å²) in [4.78, 5) is 0. The van der Waals surface area contributed by atoms with Crippen LogP contribution in [0.4, 0.5) is 0 Å². The Morgan fingerprint density at radius 1 is 0.186 bits per heavy atom. The van der Waals surface area contributed by atoms with Crippen molar-refractivity contribution in [2.75, 3.05) is 0 Å². The summed E-state index contributed by atoms with van der Waals surface area (Å²) < 4.78 is 422. The summed E-state index contributed by atoms with van der Waals surface area (Å²) >= 11 is 0. The van der Waals surface area contributed by atoms with Crippen LogP contribution in [-0.2, 0) is 0 Å². The van der Waals surface area contributed by atoms with Crippen LogP contribution in [0.1, 0.15) is 61.7 Å². The maximum Gasteiger partial charge on any atom is 0.136 e. The zero-order valence-electron chi connectivity index (χ0n) is 97.0. The third kappa shape index (κ3) is 9.13. The summed E-state index contributed by atoms with van der Waals surface area (Å²) in [6.07, 6.45) is 0. The number of hydrogen-bond donors (Lipinski definition) is 0. The average Bonchev–Trinajstić information content (AvgIpc) is 1.62. The van der Waals surface area contributed by atoms with Gasteiger partial charge in [0.05, 0.1) is 61.7 Å². The monoisotopic (exact) mass is 1340 g/mol. The molecule has 20 aromatic carbocycles. The van der Waals surface area contributed by atoms with Crippen LogP contribution >= 0.6 is 0 Å². The first-order valence-electron chi connectivity index (χ1n) is 54.0. The van der Waals surface area contributed by atoms with Gasteiger partial charge in [0, 0.05) is 21.5 Å². The highest BCUT2D eigenvalue weighted by Crippen LogP contribution is 2.51. The minimum absolute atomic E-state index is 0.0378. The van der Waals surface area contributed by atoms with E-state index in [9.17, 15) is 26.0 Å². The van der Waals surface area contributed by atoms with Crippen molar-refractivity contribution in [1.82, 2.24) is 0 Å². The van der Waals surface area contributed by atoms with E-state index < -0.39 is 397 Å². The van der Waals surface area contributed by atoms with Gasteiger partial charge in [-0.1, -0.05) is 302 Å². The average molecular weight is 1340 g/mol. The fourth-order valence-corrected chi connectivity index (χ4v) is 13.9. The van der Waals surface area contributed by atoms with E-state index in [-0.39, 0.29) is 32.7 Å². The molecule has 2 heterocycles. The second kappa shape index (κ2) is 23.1. The molecule has 22 rings (SSSR count). The Morgan fingerprint density at radius 2 is 0.627 bits per heavy atom. The number of furan rings is 2. The van der Waals surface area contributed by atoms with Crippen molar-refractivity contribution in [1.29, 1.82) is 0 Å². The summed E-state index contributed by atoms with van der Waals surface area (Å²) in [5.41, 5.74) is -3.83. The van der Waals surface area contributed by atoms with Gasteiger partial charge in [0.2, 0.25) is 0 Å². The molecule has 0 saturated heterocycles. The lowest BCUT2D eigenvalue weighted by molar-refractivity contribution is 0.669. The maximum atomic E-state index is 10.4. The summed E-state index contributed by atoms with van der Waals surface area (Å²) in [6, 6.07) is -9.89. The van der Waals surface area contributed by atoms with Crippen LogP contribution < -0.4 is 0 Å². The highest BCUT2D eigenvalue weighted by Gasteiger charge is 2.24. The van der Waals surface area contributed by atoms with Gasteiger partial charge in [0.1, 0.15) is 22.3 Å². The summed E-state index contributed by atoms with van der Waals surface area (Å²) in [6.45, 7) is 0. The van der Waals surface area contributed by atoms with Crippen molar-refractivity contribution in [2.45, 2.75) is 0 Å². The molecule has 102 heavy (non-hydrogen) atoms. The zero-order valence-corrected chi connectivity index (χ0v) is 52.0. The largest absolute Gasteiger partial charge is 0.456 e. The minimum atomic E-state index is -1.13. The van der Waals surface area contributed by atoms with Crippen LogP contribution in [0.2, 0.25) is 0 Å². The van der Waals surface area contributed by atoms with E-state index in [4.69, 9.17) is 44.5 Å². The zero-order chi connectivity index (χ0) is 106. The van der Waals surface area contributed by atoms with Gasteiger partial charge in [-0.2, -0.15) is 0 Å². The van der Waals surface area contributed by atoms with Crippen LogP contribution in [0, 0.1) is 0 Å². The topological polar surface area (TPSA) is 26.3 Å². The number of rotatable bonds is 6. The quantitative estimate of drug-likeness (QED) is 0.155. The molecule has 0 aliphatic carbocycles. The summed E-state index contributed by atoms with van der Waals surface area (Å²) in [5, 5.41) is -5.10. The molecule has 0 fully saturated rings. The molecule has 2 heteroatoms. The van der Waals surface area contributed by atoms with E-state index in [0.717, 1.165) is 32.7 Å². The van der Waals surface area contributed by atoms with Crippen LogP contribution in [0.15, 0.2) is 372 Å². The second-order valence-electron chi connectivity index (χ2n) is 23.7. The molecule has 22 aromatic rings. The summed E-state index contributed by atoms with van der Waals surface area (Å²) in [5.74, 6) is 0. The van der Waals surface area contributed by atoms with E-state index in [1.807, 2.05) is 72.8 Å². The molecule has 2 nitrogen and oxygen atoms in total. The summed E-state index contributed by atoms with van der Waals surface area (Å²) in [7, 11) is 0. The van der Waals surface area contributed by atoms with Crippen molar-refractivity contribution < 1.29 is 70.5 Å². The highest BCUT2D eigenvalue weighted by atomic mass is 16.3. The molecule has 0 saturated carbocycles. The molecule has 0 aliphatic heterocycles. The highest BCUT2D eigenvalue weighted by molar-refractivity contribution is 6.28. The Bertz CT molecular complexity index is 9960. The van der Waals surface area contributed by atoms with E-state index >= 15 is 0 Å². The Balaban J connectivity index is 0.000000176. The van der Waals surface area contributed by atoms with Crippen molar-refractivity contribution in [2.24, 2.45) is 0 Å². The van der Waals surface area contributed by atoms with Gasteiger partial charge >= 0.3 is 0 Å². The third-order valence-corrected chi connectivity index (χ3v) is 18.2. The first kappa shape index (κ1) is 28.8. The lowest BCUT2D eigenvalue weighted by Crippen LogP contribution is -1.92. The Morgan fingerprint density at radius 3 is 1.22 bits per heavy atom. The van der Waals surface area contributed by atoms with Crippen LogP contribution in [0.25, 0.3) is 218 Å². The predicted molar refractivity (Wildman–Crippen MR) is 435 cm³/mol. The molecule has 0 amide bonds. The van der Waals surface area contributed by atoms with Gasteiger partial charge in [0.15, 0.2) is 0 Å².